The fourth-order valence-electron chi connectivity index (χ4n) is 2.45. The number of benzene rings is 2. The van der Waals surface area contributed by atoms with Gasteiger partial charge in [0.2, 0.25) is 0 Å². The van der Waals surface area contributed by atoms with E-state index < -0.39 is 6.10 Å². The Kier molecular flexibility index (Phi) is 5.33. The van der Waals surface area contributed by atoms with Crippen LogP contribution in [0.4, 0.5) is 0 Å². The second-order valence-corrected chi connectivity index (χ2v) is 5.26. The van der Waals surface area contributed by atoms with Gasteiger partial charge in [-0.2, -0.15) is 0 Å². The standard InChI is InChI=1S/C18H23NO/c1-14-5-2-3-7-16(14)10-9-15-6-4-8-17(13-15)18(20)11-12-19/h2-8,13,18,20H,9-12,19H2,1H3. The molecular formula is C18H23NO. The topological polar surface area (TPSA) is 46.2 Å². The summed E-state index contributed by atoms with van der Waals surface area (Å²) in [5.41, 5.74) is 10.5. The van der Waals surface area contributed by atoms with Crippen molar-refractivity contribution in [2.75, 3.05) is 6.54 Å². The molecule has 0 fully saturated rings. The lowest BCUT2D eigenvalue weighted by molar-refractivity contribution is 0.170. The maximum atomic E-state index is 9.99. The number of aliphatic hydroxyl groups is 1. The monoisotopic (exact) mass is 269 g/mol. The van der Waals surface area contributed by atoms with Crippen LogP contribution >= 0.6 is 0 Å². The van der Waals surface area contributed by atoms with E-state index in [0.29, 0.717) is 13.0 Å². The first-order valence-electron chi connectivity index (χ1n) is 7.22. The summed E-state index contributed by atoms with van der Waals surface area (Å²) in [6, 6.07) is 16.7. The van der Waals surface area contributed by atoms with Gasteiger partial charge < -0.3 is 10.8 Å². The Hall–Kier alpha value is -1.64. The van der Waals surface area contributed by atoms with Crippen molar-refractivity contribution in [1.82, 2.24) is 0 Å². The van der Waals surface area contributed by atoms with Crippen LogP contribution in [0.15, 0.2) is 48.5 Å². The third kappa shape index (κ3) is 3.92. The van der Waals surface area contributed by atoms with Gasteiger partial charge in [0.15, 0.2) is 0 Å². The van der Waals surface area contributed by atoms with Crippen LogP contribution in [0, 0.1) is 6.92 Å². The molecule has 2 heteroatoms. The van der Waals surface area contributed by atoms with Gasteiger partial charge in [-0.1, -0.05) is 48.5 Å². The zero-order valence-corrected chi connectivity index (χ0v) is 12.0. The van der Waals surface area contributed by atoms with E-state index in [4.69, 9.17) is 5.73 Å². The Labute approximate surface area is 121 Å². The van der Waals surface area contributed by atoms with Crippen LogP contribution in [0.1, 0.15) is 34.8 Å². The molecule has 0 radical (unpaired) electrons. The maximum absolute atomic E-state index is 9.99. The summed E-state index contributed by atoms with van der Waals surface area (Å²) >= 11 is 0. The molecule has 0 saturated carbocycles. The van der Waals surface area contributed by atoms with Crippen LogP contribution < -0.4 is 5.73 Å². The lowest BCUT2D eigenvalue weighted by Gasteiger charge is -2.11. The molecule has 2 nitrogen and oxygen atoms in total. The molecule has 0 bridgehead atoms. The average molecular weight is 269 g/mol. The number of aliphatic hydroxyl groups excluding tert-OH is 1. The smallest absolute Gasteiger partial charge is 0.0802 e. The molecule has 0 heterocycles. The van der Waals surface area contributed by atoms with Gasteiger partial charge in [-0.3, -0.25) is 0 Å². The molecule has 0 saturated heterocycles. The highest BCUT2D eigenvalue weighted by molar-refractivity contribution is 5.29. The van der Waals surface area contributed by atoms with Gasteiger partial charge in [-0.15, -0.1) is 0 Å². The Morgan fingerprint density at radius 3 is 2.60 bits per heavy atom. The van der Waals surface area contributed by atoms with Gasteiger partial charge in [0.1, 0.15) is 0 Å². The second kappa shape index (κ2) is 7.22. The first-order chi connectivity index (χ1) is 9.70. The van der Waals surface area contributed by atoms with Crippen molar-refractivity contribution in [3.05, 3.63) is 70.8 Å². The highest BCUT2D eigenvalue weighted by atomic mass is 16.3. The summed E-state index contributed by atoms with van der Waals surface area (Å²) in [6.07, 6.45) is 2.19. The van der Waals surface area contributed by atoms with Crippen LogP contribution in [-0.4, -0.2) is 11.7 Å². The molecule has 2 rings (SSSR count). The summed E-state index contributed by atoms with van der Waals surface area (Å²) in [4.78, 5) is 0. The number of aryl methyl sites for hydroxylation is 3. The predicted molar refractivity (Wildman–Crippen MR) is 83.7 cm³/mol. The van der Waals surface area contributed by atoms with Crippen molar-refractivity contribution in [2.45, 2.75) is 32.3 Å². The summed E-state index contributed by atoms with van der Waals surface area (Å²) in [7, 11) is 0. The highest BCUT2D eigenvalue weighted by Crippen LogP contribution is 2.18. The predicted octanol–water partition coefficient (Wildman–Crippen LogP) is 3.16. The van der Waals surface area contributed by atoms with E-state index in [1.54, 1.807) is 0 Å². The van der Waals surface area contributed by atoms with E-state index in [9.17, 15) is 5.11 Å². The minimum absolute atomic E-state index is 0.446. The van der Waals surface area contributed by atoms with E-state index in [1.165, 1.54) is 16.7 Å². The summed E-state index contributed by atoms with van der Waals surface area (Å²) < 4.78 is 0. The molecule has 3 N–H and O–H groups in total. The molecule has 106 valence electrons. The van der Waals surface area contributed by atoms with Gasteiger partial charge in [-0.05, 0) is 55.0 Å². The Morgan fingerprint density at radius 2 is 1.85 bits per heavy atom. The van der Waals surface area contributed by atoms with E-state index in [2.05, 4.69) is 43.3 Å². The third-order valence-corrected chi connectivity index (χ3v) is 3.72. The summed E-state index contributed by atoms with van der Waals surface area (Å²) in [5.74, 6) is 0. The van der Waals surface area contributed by atoms with E-state index in [-0.39, 0.29) is 0 Å². The van der Waals surface area contributed by atoms with E-state index in [1.807, 2.05) is 12.1 Å². The molecule has 20 heavy (non-hydrogen) atoms. The SMILES string of the molecule is Cc1ccccc1CCc1cccc(C(O)CCN)c1. The molecule has 0 aliphatic carbocycles. The average Bonchev–Trinajstić information content (AvgIpc) is 2.47. The minimum Gasteiger partial charge on any atom is -0.388 e. The summed E-state index contributed by atoms with van der Waals surface area (Å²) in [5, 5.41) is 9.99. The second-order valence-electron chi connectivity index (χ2n) is 5.26. The molecule has 0 aliphatic rings. The number of rotatable bonds is 6. The van der Waals surface area contributed by atoms with Crippen molar-refractivity contribution < 1.29 is 5.11 Å². The van der Waals surface area contributed by atoms with Crippen LogP contribution in [0.3, 0.4) is 0 Å². The number of nitrogens with two attached hydrogens (primary N) is 1. The molecule has 1 atom stereocenters. The molecule has 0 aromatic heterocycles. The van der Waals surface area contributed by atoms with Gasteiger partial charge in [0.05, 0.1) is 6.10 Å². The van der Waals surface area contributed by atoms with E-state index in [0.717, 1.165) is 18.4 Å². The zero-order chi connectivity index (χ0) is 14.4. The maximum Gasteiger partial charge on any atom is 0.0802 e. The fourth-order valence-corrected chi connectivity index (χ4v) is 2.45. The van der Waals surface area contributed by atoms with Crippen molar-refractivity contribution >= 4 is 0 Å². The summed E-state index contributed by atoms with van der Waals surface area (Å²) in [6.45, 7) is 2.66. The normalized spacial score (nSPS) is 12.3. The van der Waals surface area contributed by atoms with Crippen LogP contribution in [-0.2, 0) is 12.8 Å². The lowest BCUT2D eigenvalue weighted by Crippen LogP contribution is -2.07. The zero-order valence-electron chi connectivity index (χ0n) is 12.0. The number of hydrogen-bond donors (Lipinski definition) is 2. The Balaban J connectivity index is 2.03. The third-order valence-electron chi connectivity index (χ3n) is 3.72. The molecule has 1 unspecified atom stereocenters. The number of hydrogen-bond acceptors (Lipinski definition) is 2. The molecule has 0 amide bonds. The first kappa shape index (κ1) is 14.8. The minimum atomic E-state index is -0.446. The molecule has 2 aromatic rings. The van der Waals surface area contributed by atoms with Gasteiger partial charge in [0.25, 0.3) is 0 Å². The molecule has 0 spiro atoms. The van der Waals surface area contributed by atoms with Gasteiger partial charge in [-0.25, -0.2) is 0 Å². The highest BCUT2D eigenvalue weighted by Gasteiger charge is 2.07. The quantitative estimate of drug-likeness (QED) is 0.846. The first-order valence-corrected chi connectivity index (χ1v) is 7.22. The molecule has 2 aromatic carbocycles. The van der Waals surface area contributed by atoms with Crippen molar-refractivity contribution in [1.29, 1.82) is 0 Å². The Bertz CT molecular complexity index is 551. The Morgan fingerprint density at radius 1 is 1.05 bits per heavy atom. The van der Waals surface area contributed by atoms with Crippen LogP contribution in [0.25, 0.3) is 0 Å². The van der Waals surface area contributed by atoms with Crippen molar-refractivity contribution in [3.8, 4) is 0 Å². The largest absolute Gasteiger partial charge is 0.388 e. The van der Waals surface area contributed by atoms with Gasteiger partial charge >= 0.3 is 0 Å². The molecular weight excluding hydrogens is 246 g/mol. The molecule has 0 aliphatic heterocycles. The van der Waals surface area contributed by atoms with Crippen molar-refractivity contribution in [3.63, 3.8) is 0 Å². The van der Waals surface area contributed by atoms with Gasteiger partial charge in [0, 0.05) is 0 Å². The van der Waals surface area contributed by atoms with Crippen LogP contribution in [0.2, 0.25) is 0 Å². The van der Waals surface area contributed by atoms with Crippen LogP contribution in [0.5, 0.6) is 0 Å². The lowest BCUT2D eigenvalue weighted by atomic mass is 9.98. The van der Waals surface area contributed by atoms with E-state index >= 15 is 0 Å². The fraction of sp³-hybridized carbons (Fsp3) is 0.333. The van der Waals surface area contributed by atoms with Crippen molar-refractivity contribution in [2.24, 2.45) is 5.73 Å².